The second-order valence-electron chi connectivity index (χ2n) is 12.2. The van der Waals surface area contributed by atoms with Gasteiger partial charge >= 0.3 is 13.7 Å². The number of hydrogen-bond donors (Lipinski definition) is 3. The predicted octanol–water partition coefficient (Wildman–Crippen LogP) is 2.07. The van der Waals surface area contributed by atoms with Crippen LogP contribution in [-0.2, 0) is 28.2 Å². The first-order valence-electron chi connectivity index (χ1n) is 15.0. The Morgan fingerprint density at radius 3 is 2.48 bits per heavy atom. The van der Waals surface area contributed by atoms with Crippen LogP contribution in [0.1, 0.15) is 41.5 Å². The normalized spacial score (nSPS) is 29.1. The maximum atomic E-state index is 16.3. The van der Waals surface area contributed by atoms with Gasteiger partial charge in [-0.25, -0.2) is 13.9 Å². The number of carbonyl (C=O) groups is 2. The highest BCUT2D eigenvalue weighted by molar-refractivity contribution is 7.52. The highest BCUT2D eigenvalue weighted by Gasteiger charge is 2.59. The number of amidine groups is 1. The Kier molecular flexibility index (Phi) is 10.9. The Morgan fingerprint density at radius 2 is 1.87 bits per heavy atom. The molecule has 3 unspecified atom stereocenters. The zero-order valence-electron chi connectivity index (χ0n) is 27.2. The van der Waals surface area contributed by atoms with Crippen LogP contribution < -0.4 is 14.9 Å². The lowest BCUT2D eigenvalue weighted by Gasteiger charge is -2.36. The van der Waals surface area contributed by atoms with Gasteiger partial charge in [0.1, 0.15) is 35.9 Å². The molecule has 46 heavy (non-hydrogen) atoms. The Labute approximate surface area is 267 Å². The largest absolute Gasteiger partial charge is 0.462 e. The summed E-state index contributed by atoms with van der Waals surface area (Å²) in [4.78, 5) is 41.5. The summed E-state index contributed by atoms with van der Waals surface area (Å²) < 4.78 is 52.8. The molecule has 0 saturated carbocycles. The molecule has 254 valence electrons. The summed E-state index contributed by atoms with van der Waals surface area (Å²) in [6.45, 7) is 8.82. The molecule has 4 rings (SSSR count). The van der Waals surface area contributed by atoms with Gasteiger partial charge in [0, 0.05) is 20.0 Å². The number of aliphatic hydroxyl groups excluding tert-OH is 1. The number of nitrogens with one attached hydrogen (secondary N) is 2. The van der Waals surface area contributed by atoms with Crippen LogP contribution in [0.3, 0.4) is 0 Å². The number of para-hydroxylation sites is 1. The van der Waals surface area contributed by atoms with Crippen molar-refractivity contribution in [1.29, 1.82) is 0 Å². The number of alkyl halides is 1. The van der Waals surface area contributed by atoms with Crippen LogP contribution in [0, 0.1) is 5.92 Å². The Hall–Kier alpha value is -3.43. The number of aliphatic hydroxyl groups is 1. The van der Waals surface area contributed by atoms with Crippen molar-refractivity contribution < 1.29 is 42.2 Å². The number of esters is 1. The monoisotopic (exact) mass is 667 g/mol. The van der Waals surface area contributed by atoms with E-state index in [-0.39, 0.29) is 23.5 Å². The summed E-state index contributed by atoms with van der Waals surface area (Å²) in [6.07, 6.45) is -4.38. The molecule has 1 amide bonds. The number of ether oxygens (including phenoxy) is 2. The minimum Gasteiger partial charge on any atom is -0.462 e. The minimum absolute atomic E-state index is 0.0355. The quantitative estimate of drug-likeness (QED) is 0.233. The fraction of sp³-hybridized carbons (Fsp3) is 0.621. The first-order valence-corrected chi connectivity index (χ1v) is 16.5. The third-order valence-corrected chi connectivity index (χ3v) is 8.97. The molecule has 3 heterocycles. The highest BCUT2D eigenvalue weighted by atomic mass is 31.2. The molecule has 0 spiro atoms. The Bertz CT molecular complexity index is 1410. The van der Waals surface area contributed by atoms with Gasteiger partial charge in [-0.1, -0.05) is 32.0 Å². The number of hydrogen-bond acceptors (Lipinski definition) is 13. The van der Waals surface area contributed by atoms with E-state index in [2.05, 4.69) is 25.4 Å². The second kappa shape index (κ2) is 14.1. The average molecular weight is 668 g/mol. The summed E-state index contributed by atoms with van der Waals surface area (Å²) in [5.74, 6) is -0.633. The molecular weight excluding hydrogens is 624 g/mol. The van der Waals surface area contributed by atoms with Gasteiger partial charge in [-0.05, 0) is 39.8 Å². The van der Waals surface area contributed by atoms with Crippen molar-refractivity contribution in [2.45, 2.75) is 90.0 Å². The van der Waals surface area contributed by atoms with E-state index in [0.717, 1.165) is 0 Å². The van der Waals surface area contributed by atoms with Crippen molar-refractivity contribution in [3.63, 3.8) is 0 Å². The van der Waals surface area contributed by atoms with Crippen molar-refractivity contribution >= 4 is 37.8 Å². The maximum Gasteiger partial charge on any atom is 0.459 e. The van der Waals surface area contributed by atoms with E-state index in [1.165, 1.54) is 25.1 Å². The molecule has 3 aliphatic heterocycles. The third kappa shape index (κ3) is 7.92. The van der Waals surface area contributed by atoms with E-state index in [1.54, 1.807) is 77.0 Å². The fourth-order valence-electron chi connectivity index (χ4n) is 4.88. The lowest BCUT2D eigenvalue weighted by atomic mass is 9.97. The first-order chi connectivity index (χ1) is 21.5. The number of carbonyl (C=O) groups excluding carboxylic acids is 2. The van der Waals surface area contributed by atoms with Crippen LogP contribution in [0.4, 0.5) is 4.39 Å². The number of guanidine groups is 1. The topological polar surface area (TPSA) is 176 Å². The minimum atomic E-state index is -4.32. The molecule has 0 bridgehead atoms. The number of rotatable bonds is 11. The summed E-state index contributed by atoms with van der Waals surface area (Å²) >= 11 is 0. The van der Waals surface area contributed by atoms with Crippen LogP contribution in [0.25, 0.3) is 0 Å². The molecule has 1 aromatic carbocycles. The Balaban J connectivity index is 1.54. The van der Waals surface area contributed by atoms with E-state index in [1.807, 2.05) is 0 Å². The number of nitrogens with zero attached hydrogens (tertiary/aromatic N) is 5. The molecule has 1 fully saturated rings. The molecule has 0 aromatic heterocycles. The number of amides is 1. The van der Waals surface area contributed by atoms with Crippen LogP contribution in [0.5, 0.6) is 5.75 Å². The summed E-state index contributed by atoms with van der Waals surface area (Å²) in [5, 5.41) is 16.3. The molecule has 1 saturated heterocycles. The number of benzene rings is 1. The molecule has 0 radical (unpaired) electrons. The lowest BCUT2D eigenvalue weighted by Crippen LogP contribution is -2.56. The van der Waals surface area contributed by atoms with Crippen LogP contribution >= 0.6 is 7.75 Å². The van der Waals surface area contributed by atoms with Gasteiger partial charge in [-0.15, -0.1) is 0 Å². The predicted molar refractivity (Wildman–Crippen MR) is 168 cm³/mol. The van der Waals surface area contributed by atoms with E-state index < -0.39 is 68.8 Å². The van der Waals surface area contributed by atoms with Crippen molar-refractivity contribution in [2.75, 3.05) is 20.7 Å². The van der Waals surface area contributed by atoms with E-state index in [4.69, 9.17) is 18.5 Å². The van der Waals surface area contributed by atoms with Gasteiger partial charge in [-0.2, -0.15) is 10.1 Å². The van der Waals surface area contributed by atoms with Gasteiger partial charge in [0.15, 0.2) is 18.1 Å². The average Bonchev–Trinajstić information content (AvgIpc) is 3.48. The third-order valence-electron chi connectivity index (χ3n) is 7.33. The molecular formula is C29H43FN7O8P. The highest BCUT2D eigenvalue weighted by Crippen LogP contribution is 2.47. The summed E-state index contributed by atoms with van der Waals surface area (Å²) in [7, 11) is -0.799. The Morgan fingerprint density at radius 1 is 1.20 bits per heavy atom. The van der Waals surface area contributed by atoms with Gasteiger partial charge in [0.2, 0.25) is 11.9 Å². The van der Waals surface area contributed by atoms with Crippen molar-refractivity contribution in [2.24, 2.45) is 20.9 Å². The van der Waals surface area contributed by atoms with Crippen LogP contribution in [0.2, 0.25) is 0 Å². The number of fused-ring (bicyclic) bond motifs is 1. The van der Waals surface area contributed by atoms with Gasteiger partial charge in [0.25, 0.3) is 0 Å². The van der Waals surface area contributed by atoms with Gasteiger partial charge < -0.3 is 28.9 Å². The van der Waals surface area contributed by atoms with Crippen molar-refractivity contribution in [1.82, 2.24) is 20.2 Å². The SMILES string of the molecule is CC(C)OC(=O)[C@H](C)NP(=O)(OC[C@H]1O[C@@H](N2C=NC3C(N(C)C)=NC(NC(=O)C(C)C)=NC32)[C@](C)(F)[C@@H]1O)Oc1ccccc1. The summed E-state index contributed by atoms with van der Waals surface area (Å²) in [6, 6.07) is 6.38. The number of halogens is 1. The lowest BCUT2D eigenvalue weighted by molar-refractivity contribution is -0.149. The molecule has 3 aliphatic rings. The zero-order chi connectivity index (χ0) is 34.0. The van der Waals surface area contributed by atoms with E-state index in [0.29, 0.717) is 5.84 Å². The molecule has 0 aliphatic carbocycles. The number of aliphatic imine (C=N–C) groups is 3. The van der Waals surface area contributed by atoms with Gasteiger partial charge in [0.05, 0.1) is 19.0 Å². The molecule has 8 atom stereocenters. The van der Waals surface area contributed by atoms with Crippen molar-refractivity contribution in [3.05, 3.63) is 30.3 Å². The fourth-order valence-corrected chi connectivity index (χ4v) is 6.38. The first kappa shape index (κ1) is 35.4. The molecule has 15 nitrogen and oxygen atoms in total. The van der Waals surface area contributed by atoms with Gasteiger partial charge in [-0.3, -0.25) is 24.4 Å². The summed E-state index contributed by atoms with van der Waals surface area (Å²) in [5.41, 5.74) is -2.38. The smallest absolute Gasteiger partial charge is 0.459 e. The zero-order valence-corrected chi connectivity index (χ0v) is 28.1. The second-order valence-corrected chi connectivity index (χ2v) is 13.9. The van der Waals surface area contributed by atoms with Crippen LogP contribution in [-0.4, -0.2) is 114 Å². The van der Waals surface area contributed by atoms with E-state index >= 15 is 4.39 Å². The van der Waals surface area contributed by atoms with E-state index in [9.17, 15) is 19.3 Å². The molecule has 17 heteroatoms. The molecule has 3 N–H and O–H groups in total. The number of likely N-dealkylation sites (N-methyl/N-ethyl adjacent to an activating group) is 1. The standard InChI is InChI=1S/C29H43FN7O8P/c1-16(2)25(39)34-28-32-23(36(7)8)21-24(33-28)37(15-31-21)27-29(6,30)22(38)20(44-27)14-42-46(41,45-19-12-10-9-11-13-19)35-18(5)26(40)43-17(3)4/h9-13,15-18,20-22,24,27,38H,14H2,1-8H3,(H,35,41)(H,33,34,39)/t18-,20+,21?,22+,24?,27+,29+,46?/m0/s1. The maximum absolute atomic E-state index is 16.3. The molecule has 1 aromatic rings. The van der Waals surface area contributed by atoms with Crippen LogP contribution in [0.15, 0.2) is 45.3 Å². The van der Waals surface area contributed by atoms with Crippen molar-refractivity contribution in [3.8, 4) is 5.75 Å².